The lowest BCUT2D eigenvalue weighted by Gasteiger charge is -2.51. The molecular formula is C23H23N5O2. The number of rotatable bonds is 3. The number of amides is 1. The molecule has 1 aromatic carbocycles. The van der Waals surface area contributed by atoms with Crippen LogP contribution in [0.5, 0.6) is 0 Å². The lowest BCUT2D eigenvalue weighted by Crippen LogP contribution is -2.63. The Morgan fingerprint density at radius 3 is 2.93 bits per heavy atom. The number of fused-ring (bicyclic) bond motifs is 1. The second kappa shape index (κ2) is 7.47. The van der Waals surface area contributed by atoms with Gasteiger partial charge >= 0.3 is 0 Å². The molecule has 7 nitrogen and oxygen atoms in total. The Balaban J connectivity index is 1.39. The molecule has 2 aliphatic rings. The molecule has 0 saturated carbocycles. The molecule has 2 aliphatic heterocycles. The van der Waals surface area contributed by atoms with Gasteiger partial charge in [-0.05, 0) is 42.7 Å². The summed E-state index contributed by atoms with van der Waals surface area (Å²) in [6, 6.07) is 14.0. The van der Waals surface area contributed by atoms with Gasteiger partial charge in [0.15, 0.2) is 0 Å². The molecule has 152 valence electrons. The SMILES string of the molecule is N#Cc1ccnc(N2CCC3(CC2)COCC(=O)N3Cc2cccc3[nH]ccc23)c1. The Hall–Kier alpha value is -3.37. The quantitative estimate of drug-likeness (QED) is 0.729. The fourth-order valence-electron chi connectivity index (χ4n) is 4.69. The first-order chi connectivity index (χ1) is 14.7. The minimum atomic E-state index is -0.308. The fraction of sp³-hybridized carbons (Fsp3) is 0.348. The van der Waals surface area contributed by atoms with E-state index in [2.05, 4.69) is 39.1 Å². The molecule has 3 aromatic rings. The number of carbonyl (C=O) groups excluding carboxylic acids is 1. The van der Waals surface area contributed by atoms with Crippen LogP contribution in [0, 0.1) is 11.3 Å². The smallest absolute Gasteiger partial charge is 0.249 e. The molecule has 0 unspecified atom stereocenters. The summed E-state index contributed by atoms with van der Waals surface area (Å²) in [5.41, 5.74) is 2.53. The van der Waals surface area contributed by atoms with Crippen LogP contribution in [0.1, 0.15) is 24.0 Å². The summed E-state index contributed by atoms with van der Waals surface area (Å²) >= 11 is 0. The molecule has 1 amide bonds. The molecule has 2 fully saturated rings. The summed E-state index contributed by atoms with van der Waals surface area (Å²) in [5, 5.41) is 10.3. The van der Waals surface area contributed by atoms with E-state index in [1.165, 1.54) is 0 Å². The maximum atomic E-state index is 12.9. The number of hydrogen-bond acceptors (Lipinski definition) is 5. The predicted octanol–water partition coefficient (Wildman–Crippen LogP) is 2.83. The Morgan fingerprint density at radius 1 is 1.23 bits per heavy atom. The van der Waals surface area contributed by atoms with Crippen molar-refractivity contribution in [1.82, 2.24) is 14.9 Å². The number of aromatic amines is 1. The summed E-state index contributed by atoms with van der Waals surface area (Å²) in [6.45, 7) is 2.81. The zero-order chi connectivity index (χ0) is 20.6. The zero-order valence-corrected chi connectivity index (χ0v) is 16.7. The number of nitriles is 1. The first-order valence-electron chi connectivity index (χ1n) is 10.2. The molecule has 0 atom stereocenters. The van der Waals surface area contributed by atoms with Crippen LogP contribution in [0.25, 0.3) is 10.9 Å². The molecule has 2 saturated heterocycles. The minimum Gasteiger partial charge on any atom is -0.369 e. The normalized spacial score (nSPS) is 18.7. The van der Waals surface area contributed by atoms with Gasteiger partial charge in [-0.25, -0.2) is 4.98 Å². The number of pyridine rings is 1. The van der Waals surface area contributed by atoms with Gasteiger partial charge in [-0.3, -0.25) is 4.79 Å². The summed E-state index contributed by atoms with van der Waals surface area (Å²) in [7, 11) is 0. The van der Waals surface area contributed by atoms with Gasteiger partial charge in [-0.2, -0.15) is 5.26 Å². The number of hydrogen-bond donors (Lipinski definition) is 1. The maximum absolute atomic E-state index is 12.9. The van der Waals surface area contributed by atoms with E-state index in [9.17, 15) is 4.79 Å². The highest BCUT2D eigenvalue weighted by molar-refractivity contribution is 5.84. The van der Waals surface area contributed by atoms with E-state index in [-0.39, 0.29) is 18.1 Å². The van der Waals surface area contributed by atoms with Gasteiger partial charge in [0, 0.05) is 42.9 Å². The van der Waals surface area contributed by atoms with Crippen molar-refractivity contribution in [3.63, 3.8) is 0 Å². The number of benzene rings is 1. The van der Waals surface area contributed by atoms with E-state index in [0.717, 1.165) is 48.2 Å². The van der Waals surface area contributed by atoms with Crippen LogP contribution in [0.15, 0.2) is 48.8 Å². The first-order valence-corrected chi connectivity index (χ1v) is 10.2. The van der Waals surface area contributed by atoms with Crippen LogP contribution in [0.4, 0.5) is 5.82 Å². The highest BCUT2D eigenvalue weighted by Gasteiger charge is 2.45. The van der Waals surface area contributed by atoms with Crippen molar-refractivity contribution in [1.29, 1.82) is 5.26 Å². The first kappa shape index (κ1) is 18.6. The van der Waals surface area contributed by atoms with Crippen LogP contribution >= 0.6 is 0 Å². The number of aromatic nitrogens is 2. The highest BCUT2D eigenvalue weighted by Crippen LogP contribution is 2.35. The Labute approximate surface area is 174 Å². The van der Waals surface area contributed by atoms with Gasteiger partial charge in [0.25, 0.3) is 0 Å². The van der Waals surface area contributed by atoms with Gasteiger partial charge in [0.2, 0.25) is 5.91 Å². The topological polar surface area (TPSA) is 85.2 Å². The van der Waals surface area contributed by atoms with Gasteiger partial charge in [0.05, 0.1) is 23.8 Å². The lowest BCUT2D eigenvalue weighted by atomic mass is 9.84. The fourth-order valence-corrected chi connectivity index (χ4v) is 4.69. The molecule has 30 heavy (non-hydrogen) atoms. The van der Waals surface area contributed by atoms with E-state index in [0.29, 0.717) is 18.7 Å². The molecule has 0 aliphatic carbocycles. The zero-order valence-electron chi connectivity index (χ0n) is 16.7. The number of anilines is 1. The van der Waals surface area contributed by atoms with Crippen molar-refractivity contribution >= 4 is 22.6 Å². The van der Waals surface area contributed by atoms with E-state index < -0.39 is 0 Å². The van der Waals surface area contributed by atoms with Gasteiger partial charge in [-0.1, -0.05) is 12.1 Å². The number of ether oxygens (including phenoxy) is 1. The molecular weight excluding hydrogens is 378 g/mol. The third kappa shape index (κ3) is 3.19. The molecule has 1 spiro atoms. The number of carbonyl (C=O) groups is 1. The number of nitrogens with zero attached hydrogens (tertiary/aromatic N) is 4. The van der Waals surface area contributed by atoms with Crippen molar-refractivity contribution in [2.24, 2.45) is 0 Å². The second-order valence-corrected chi connectivity index (χ2v) is 8.05. The van der Waals surface area contributed by atoms with Crippen molar-refractivity contribution in [3.05, 3.63) is 59.9 Å². The van der Waals surface area contributed by atoms with Crippen molar-refractivity contribution in [2.45, 2.75) is 24.9 Å². The average molecular weight is 401 g/mol. The Kier molecular flexibility index (Phi) is 4.64. The van der Waals surface area contributed by atoms with E-state index in [4.69, 9.17) is 10.00 Å². The highest BCUT2D eigenvalue weighted by atomic mass is 16.5. The van der Waals surface area contributed by atoms with Gasteiger partial charge in [0.1, 0.15) is 12.4 Å². The Morgan fingerprint density at radius 2 is 2.10 bits per heavy atom. The Bertz CT molecular complexity index is 1120. The summed E-state index contributed by atoms with van der Waals surface area (Å²) < 4.78 is 5.72. The minimum absolute atomic E-state index is 0.0480. The van der Waals surface area contributed by atoms with Crippen LogP contribution < -0.4 is 4.90 Å². The maximum Gasteiger partial charge on any atom is 0.249 e. The van der Waals surface area contributed by atoms with Gasteiger partial charge < -0.3 is 19.5 Å². The molecule has 4 heterocycles. The van der Waals surface area contributed by atoms with E-state index in [1.54, 1.807) is 12.3 Å². The molecule has 0 radical (unpaired) electrons. The van der Waals surface area contributed by atoms with Crippen molar-refractivity contribution < 1.29 is 9.53 Å². The number of morpholine rings is 1. The number of H-pyrrole nitrogens is 1. The number of nitrogens with one attached hydrogen (secondary N) is 1. The second-order valence-electron chi connectivity index (χ2n) is 8.05. The third-order valence-corrected chi connectivity index (χ3v) is 6.38. The summed E-state index contributed by atoms with van der Waals surface area (Å²) in [6.07, 6.45) is 5.22. The van der Waals surface area contributed by atoms with Gasteiger partial charge in [-0.15, -0.1) is 0 Å². The van der Waals surface area contributed by atoms with E-state index in [1.807, 2.05) is 23.2 Å². The van der Waals surface area contributed by atoms with Crippen LogP contribution in [-0.2, 0) is 16.1 Å². The number of piperidine rings is 1. The monoisotopic (exact) mass is 401 g/mol. The molecule has 1 N–H and O–H groups in total. The predicted molar refractivity (Wildman–Crippen MR) is 113 cm³/mol. The largest absolute Gasteiger partial charge is 0.369 e. The molecule has 0 bridgehead atoms. The van der Waals surface area contributed by atoms with Crippen LogP contribution in [0.2, 0.25) is 0 Å². The lowest BCUT2D eigenvalue weighted by molar-refractivity contribution is -0.161. The third-order valence-electron chi connectivity index (χ3n) is 6.38. The average Bonchev–Trinajstić information content (AvgIpc) is 3.27. The molecule has 5 rings (SSSR count). The molecule has 2 aromatic heterocycles. The summed E-state index contributed by atoms with van der Waals surface area (Å²) in [4.78, 5) is 24.8. The summed E-state index contributed by atoms with van der Waals surface area (Å²) in [5.74, 6) is 0.863. The van der Waals surface area contributed by atoms with Crippen LogP contribution in [0.3, 0.4) is 0 Å². The van der Waals surface area contributed by atoms with Crippen LogP contribution in [-0.4, -0.2) is 52.6 Å². The standard InChI is InChI=1S/C23H23N5O2/c24-13-17-4-8-26-21(12-17)27-10-6-23(7-11-27)16-30-15-22(29)28(23)14-18-2-1-3-20-19(18)5-9-25-20/h1-5,8-9,12,25H,6-7,10-11,14-16H2. The van der Waals surface area contributed by atoms with Crippen molar-refractivity contribution in [2.75, 3.05) is 31.2 Å². The molecule has 7 heteroatoms. The van der Waals surface area contributed by atoms with E-state index >= 15 is 0 Å². The van der Waals surface area contributed by atoms with Crippen molar-refractivity contribution in [3.8, 4) is 6.07 Å².